The summed E-state index contributed by atoms with van der Waals surface area (Å²) < 4.78 is 17.1. The normalized spacial score (nSPS) is 17.2. The standard InChI is InChI=1S/C19H18N4O3/c1-12-4-5-16-15(7-12)18(14(8-20)9-21-16)25-11-17-22-23-19(26-17)13-3-2-6-24-10-13/h4-5,7,9,13H,2-3,6,10-11H2,1H3. The quantitative estimate of drug-likeness (QED) is 0.712. The molecule has 0 aliphatic carbocycles. The van der Waals surface area contributed by atoms with Gasteiger partial charge in [-0.1, -0.05) is 11.6 Å². The Morgan fingerprint density at radius 1 is 1.35 bits per heavy atom. The first kappa shape index (κ1) is 16.5. The molecule has 0 saturated carbocycles. The van der Waals surface area contributed by atoms with Crippen LogP contribution in [0.15, 0.2) is 28.8 Å². The van der Waals surface area contributed by atoms with Gasteiger partial charge in [-0.3, -0.25) is 4.98 Å². The Morgan fingerprint density at radius 3 is 3.08 bits per heavy atom. The van der Waals surface area contributed by atoms with Crippen molar-refractivity contribution in [3.05, 3.63) is 47.3 Å². The van der Waals surface area contributed by atoms with Crippen molar-refractivity contribution in [1.29, 1.82) is 5.26 Å². The van der Waals surface area contributed by atoms with E-state index in [1.54, 1.807) is 0 Å². The molecule has 0 amide bonds. The van der Waals surface area contributed by atoms with Gasteiger partial charge in [-0.2, -0.15) is 5.26 Å². The SMILES string of the molecule is Cc1ccc2ncc(C#N)c(OCc3nnc(C4CCCOC4)o3)c2c1. The third-order valence-corrected chi connectivity index (χ3v) is 4.43. The molecule has 1 aliphatic rings. The first-order valence-electron chi connectivity index (χ1n) is 8.57. The Labute approximate surface area is 150 Å². The van der Waals surface area contributed by atoms with Gasteiger partial charge in [0.1, 0.15) is 17.4 Å². The Morgan fingerprint density at radius 2 is 2.27 bits per heavy atom. The molecule has 26 heavy (non-hydrogen) atoms. The number of aryl methyl sites for hydroxylation is 1. The fourth-order valence-electron chi connectivity index (χ4n) is 3.08. The summed E-state index contributed by atoms with van der Waals surface area (Å²) in [5.41, 5.74) is 2.22. The molecule has 0 N–H and O–H groups in total. The Bertz CT molecular complexity index is 971. The summed E-state index contributed by atoms with van der Waals surface area (Å²) in [4.78, 5) is 4.31. The Hall–Kier alpha value is -2.98. The zero-order valence-corrected chi connectivity index (χ0v) is 14.4. The minimum atomic E-state index is 0.0995. The van der Waals surface area contributed by atoms with Crippen LogP contribution >= 0.6 is 0 Å². The molecule has 2 aromatic heterocycles. The molecule has 0 radical (unpaired) electrons. The van der Waals surface area contributed by atoms with Crippen LogP contribution in [0.25, 0.3) is 10.9 Å². The Balaban J connectivity index is 1.57. The highest BCUT2D eigenvalue weighted by atomic mass is 16.5. The van der Waals surface area contributed by atoms with Crippen molar-refractivity contribution in [3.63, 3.8) is 0 Å². The highest BCUT2D eigenvalue weighted by Gasteiger charge is 2.22. The summed E-state index contributed by atoms with van der Waals surface area (Å²) in [5, 5.41) is 18.4. The van der Waals surface area contributed by atoms with Crippen molar-refractivity contribution >= 4 is 10.9 Å². The van der Waals surface area contributed by atoms with Crippen LogP contribution in [-0.2, 0) is 11.3 Å². The summed E-state index contributed by atoms with van der Waals surface area (Å²) >= 11 is 0. The molecule has 0 spiro atoms. The molecule has 132 valence electrons. The maximum Gasteiger partial charge on any atom is 0.253 e. The Kier molecular flexibility index (Phi) is 4.50. The van der Waals surface area contributed by atoms with Gasteiger partial charge in [0.15, 0.2) is 6.61 Å². The summed E-state index contributed by atoms with van der Waals surface area (Å²) in [7, 11) is 0. The van der Waals surface area contributed by atoms with Crippen molar-refractivity contribution in [2.45, 2.75) is 32.3 Å². The molecule has 1 aromatic carbocycles. The molecule has 1 fully saturated rings. The summed E-state index contributed by atoms with van der Waals surface area (Å²) in [6.07, 6.45) is 3.49. The van der Waals surface area contributed by atoms with E-state index in [2.05, 4.69) is 21.3 Å². The zero-order valence-electron chi connectivity index (χ0n) is 14.4. The topological polar surface area (TPSA) is 94.1 Å². The molecule has 7 nitrogen and oxygen atoms in total. The van der Waals surface area contributed by atoms with Gasteiger partial charge in [0.25, 0.3) is 5.89 Å². The average molecular weight is 350 g/mol. The maximum atomic E-state index is 9.38. The lowest BCUT2D eigenvalue weighted by Crippen LogP contribution is -2.15. The lowest BCUT2D eigenvalue weighted by molar-refractivity contribution is 0.0717. The van der Waals surface area contributed by atoms with Gasteiger partial charge < -0.3 is 13.9 Å². The number of fused-ring (bicyclic) bond motifs is 1. The fourth-order valence-corrected chi connectivity index (χ4v) is 3.08. The van der Waals surface area contributed by atoms with E-state index in [0.29, 0.717) is 29.7 Å². The number of hydrogen-bond donors (Lipinski definition) is 0. The van der Waals surface area contributed by atoms with E-state index in [-0.39, 0.29) is 12.5 Å². The minimum absolute atomic E-state index is 0.0995. The van der Waals surface area contributed by atoms with Crippen LogP contribution in [-0.4, -0.2) is 28.4 Å². The maximum absolute atomic E-state index is 9.38. The lowest BCUT2D eigenvalue weighted by Gasteiger charge is -2.18. The van der Waals surface area contributed by atoms with Crippen molar-refractivity contribution in [3.8, 4) is 11.8 Å². The average Bonchev–Trinajstić information content (AvgIpc) is 3.15. The number of nitriles is 1. The van der Waals surface area contributed by atoms with Gasteiger partial charge in [-0.25, -0.2) is 0 Å². The van der Waals surface area contributed by atoms with Crippen LogP contribution < -0.4 is 4.74 Å². The second kappa shape index (κ2) is 7.10. The molecular formula is C19H18N4O3. The van der Waals surface area contributed by atoms with E-state index in [0.717, 1.165) is 35.9 Å². The van der Waals surface area contributed by atoms with Crippen molar-refractivity contribution in [1.82, 2.24) is 15.2 Å². The molecule has 1 atom stereocenters. The van der Waals surface area contributed by atoms with Gasteiger partial charge in [0.05, 0.1) is 18.0 Å². The smallest absolute Gasteiger partial charge is 0.253 e. The van der Waals surface area contributed by atoms with E-state index < -0.39 is 0 Å². The molecule has 4 rings (SSSR count). The third kappa shape index (κ3) is 3.24. The van der Waals surface area contributed by atoms with Crippen LogP contribution in [0, 0.1) is 18.3 Å². The van der Waals surface area contributed by atoms with Gasteiger partial charge in [-0.15, -0.1) is 10.2 Å². The largest absolute Gasteiger partial charge is 0.482 e. The molecule has 7 heteroatoms. The van der Waals surface area contributed by atoms with Crippen molar-refractivity contribution in [2.24, 2.45) is 0 Å². The monoisotopic (exact) mass is 350 g/mol. The van der Waals surface area contributed by atoms with Gasteiger partial charge >= 0.3 is 0 Å². The lowest BCUT2D eigenvalue weighted by atomic mass is 10.0. The molecule has 3 aromatic rings. The van der Waals surface area contributed by atoms with Crippen LogP contribution in [0.2, 0.25) is 0 Å². The number of nitrogens with zero attached hydrogens (tertiary/aromatic N) is 4. The van der Waals surface area contributed by atoms with E-state index in [9.17, 15) is 5.26 Å². The van der Waals surface area contributed by atoms with Gasteiger partial charge in [0.2, 0.25) is 5.89 Å². The predicted molar refractivity (Wildman–Crippen MR) is 92.6 cm³/mol. The first-order valence-corrected chi connectivity index (χ1v) is 8.57. The summed E-state index contributed by atoms with van der Waals surface area (Å²) in [6, 6.07) is 7.97. The van der Waals surface area contributed by atoms with E-state index in [1.807, 2.05) is 25.1 Å². The third-order valence-electron chi connectivity index (χ3n) is 4.43. The van der Waals surface area contributed by atoms with Gasteiger partial charge in [-0.05, 0) is 31.9 Å². The van der Waals surface area contributed by atoms with E-state index in [1.165, 1.54) is 6.20 Å². The van der Waals surface area contributed by atoms with Crippen LogP contribution in [0.4, 0.5) is 0 Å². The van der Waals surface area contributed by atoms with Gasteiger partial charge in [0, 0.05) is 18.2 Å². The van der Waals surface area contributed by atoms with Crippen molar-refractivity contribution < 1.29 is 13.9 Å². The van der Waals surface area contributed by atoms with Crippen LogP contribution in [0.1, 0.15) is 41.7 Å². The second-order valence-corrected chi connectivity index (χ2v) is 6.37. The molecular weight excluding hydrogens is 332 g/mol. The summed E-state index contributed by atoms with van der Waals surface area (Å²) in [6.45, 7) is 3.47. The van der Waals surface area contributed by atoms with Crippen LogP contribution in [0.5, 0.6) is 5.75 Å². The second-order valence-electron chi connectivity index (χ2n) is 6.37. The molecule has 3 heterocycles. The minimum Gasteiger partial charge on any atom is -0.482 e. The summed E-state index contributed by atoms with van der Waals surface area (Å²) in [5.74, 6) is 1.59. The number of hydrogen-bond acceptors (Lipinski definition) is 7. The molecule has 1 aliphatic heterocycles. The number of rotatable bonds is 4. The number of ether oxygens (including phenoxy) is 2. The molecule has 0 bridgehead atoms. The van der Waals surface area contributed by atoms with Crippen LogP contribution in [0.3, 0.4) is 0 Å². The zero-order chi connectivity index (χ0) is 17.9. The number of benzene rings is 1. The van der Waals surface area contributed by atoms with Crippen molar-refractivity contribution in [2.75, 3.05) is 13.2 Å². The molecule has 1 unspecified atom stereocenters. The first-order chi connectivity index (χ1) is 12.7. The fraction of sp³-hybridized carbons (Fsp3) is 0.368. The highest BCUT2D eigenvalue weighted by molar-refractivity contribution is 5.87. The highest BCUT2D eigenvalue weighted by Crippen LogP contribution is 2.30. The number of pyridine rings is 1. The van der Waals surface area contributed by atoms with E-state index in [4.69, 9.17) is 13.9 Å². The number of aromatic nitrogens is 3. The predicted octanol–water partition coefficient (Wildman–Crippen LogP) is 3.27. The van der Waals surface area contributed by atoms with E-state index >= 15 is 0 Å². The molecule has 1 saturated heterocycles.